The third-order valence-corrected chi connectivity index (χ3v) is 4.21. The fourth-order valence-electron chi connectivity index (χ4n) is 2.98. The summed E-state index contributed by atoms with van der Waals surface area (Å²) >= 11 is 0. The topological polar surface area (TPSA) is 54.2 Å². The first-order valence-electron chi connectivity index (χ1n) is 7.11. The average Bonchev–Trinajstić information content (AvgIpc) is 2.45. The van der Waals surface area contributed by atoms with Crippen LogP contribution in [0.2, 0.25) is 0 Å². The van der Waals surface area contributed by atoms with E-state index in [1.54, 1.807) is 7.05 Å². The van der Waals surface area contributed by atoms with Gasteiger partial charge < -0.3 is 10.3 Å². The van der Waals surface area contributed by atoms with E-state index < -0.39 is 11.7 Å². The van der Waals surface area contributed by atoms with Crippen LogP contribution in [0.3, 0.4) is 0 Å². The van der Waals surface area contributed by atoms with Crippen LogP contribution in [0, 0.1) is 5.92 Å². The lowest BCUT2D eigenvalue weighted by Gasteiger charge is -2.37. The van der Waals surface area contributed by atoms with E-state index in [2.05, 4.69) is 17.3 Å². The minimum atomic E-state index is -4.41. The number of anilines is 2. The van der Waals surface area contributed by atoms with E-state index in [0.29, 0.717) is 11.7 Å². The molecule has 0 bridgehead atoms. The van der Waals surface area contributed by atoms with Gasteiger partial charge >= 0.3 is 6.18 Å². The van der Waals surface area contributed by atoms with Gasteiger partial charge in [-0.15, -0.1) is 0 Å². The van der Waals surface area contributed by atoms with Gasteiger partial charge in [0.15, 0.2) is 0 Å². The number of aromatic nitrogens is 1. The van der Waals surface area contributed by atoms with Gasteiger partial charge in [0.2, 0.25) is 0 Å². The van der Waals surface area contributed by atoms with Gasteiger partial charge in [0.1, 0.15) is 11.6 Å². The molecule has 0 spiro atoms. The van der Waals surface area contributed by atoms with Gasteiger partial charge in [-0.25, -0.2) is 10.8 Å². The lowest BCUT2D eigenvalue weighted by molar-refractivity contribution is -0.137. The number of hydrogen-bond donors (Lipinski definition) is 2. The molecule has 0 aromatic carbocycles. The van der Waals surface area contributed by atoms with E-state index in [9.17, 15) is 13.2 Å². The number of pyridine rings is 1. The van der Waals surface area contributed by atoms with Gasteiger partial charge in [0.05, 0.1) is 5.56 Å². The summed E-state index contributed by atoms with van der Waals surface area (Å²) in [7, 11) is 1.80. The highest BCUT2D eigenvalue weighted by Gasteiger charge is 2.33. The molecule has 1 aliphatic carbocycles. The van der Waals surface area contributed by atoms with Crippen molar-refractivity contribution in [2.75, 3.05) is 17.4 Å². The van der Waals surface area contributed by atoms with Crippen molar-refractivity contribution in [1.82, 2.24) is 4.98 Å². The molecule has 0 aliphatic heterocycles. The van der Waals surface area contributed by atoms with Gasteiger partial charge in [-0.05, 0) is 30.9 Å². The molecule has 1 aromatic heterocycles. The van der Waals surface area contributed by atoms with Crippen LogP contribution in [-0.4, -0.2) is 18.1 Å². The van der Waals surface area contributed by atoms with Crippen molar-refractivity contribution < 1.29 is 13.2 Å². The molecule has 118 valence electrons. The van der Waals surface area contributed by atoms with Crippen LogP contribution in [0.25, 0.3) is 0 Å². The molecular weight excluding hydrogens is 281 g/mol. The number of nitrogens with two attached hydrogens (primary N) is 1. The quantitative estimate of drug-likeness (QED) is 0.664. The van der Waals surface area contributed by atoms with Crippen LogP contribution in [0.1, 0.15) is 38.2 Å². The molecule has 2 unspecified atom stereocenters. The lowest BCUT2D eigenvalue weighted by atomic mass is 9.85. The SMILES string of the molecule is CC1CCCCC1N(C)c1cc(C(F)(F)F)cc(NN)n1. The summed E-state index contributed by atoms with van der Waals surface area (Å²) in [6.07, 6.45) is -0.0727. The zero-order chi connectivity index (χ0) is 15.6. The molecule has 1 aliphatic rings. The first-order chi connectivity index (χ1) is 9.82. The Morgan fingerprint density at radius 3 is 2.52 bits per heavy atom. The number of alkyl halides is 3. The van der Waals surface area contributed by atoms with Crippen LogP contribution < -0.4 is 16.2 Å². The Morgan fingerprint density at radius 1 is 1.29 bits per heavy atom. The van der Waals surface area contributed by atoms with E-state index >= 15 is 0 Å². The Balaban J connectivity index is 2.33. The van der Waals surface area contributed by atoms with E-state index in [1.807, 2.05) is 4.90 Å². The fourth-order valence-corrected chi connectivity index (χ4v) is 2.98. The van der Waals surface area contributed by atoms with E-state index in [4.69, 9.17) is 5.84 Å². The monoisotopic (exact) mass is 302 g/mol. The summed E-state index contributed by atoms with van der Waals surface area (Å²) < 4.78 is 38.9. The van der Waals surface area contributed by atoms with Crippen molar-refractivity contribution in [3.8, 4) is 0 Å². The maximum Gasteiger partial charge on any atom is 0.416 e. The zero-order valence-electron chi connectivity index (χ0n) is 12.2. The minimum absolute atomic E-state index is 0.0233. The van der Waals surface area contributed by atoms with Crippen LogP contribution in [0.4, 0.5) is 24.8 Å². The molecule has 21 heavy (non-hydrogen) atoms. The van der Waals surface area contributed by atoms with E-state index in [0.717, 1.165) is 31.4 Å². The highest BCUT2D eigenvalue weighted by Crippen LogP contribution is 2.35. The Labute approximate surface area is 122 Å². The molecule has 1 heterocycles. The summed E-state index contributed by atoms with van der Waals surface area (Å²) in [6, 6.07) is 2.21. The summed E-state index contributed by atoms with van der Waals surface area (Å²) in [4.78, 5) is 6.01. The largest absolute Gasteiger partial charge is 0.416 e. The van der Waals surface area contributed by atoms with Crippen LogP contribution in [0.5, 0.6) is 0 Å². The number of hydrogen-bond acceptors (Lipinski definition) is 4. The van der Waals surface area contributed by atoms with Crippen LogP contribution >= 0.6 is 0 Å². The number of hydrazine groups is 1. The molecule has 7 heteroatoms. The predicted octanol–water partition coefficient (Wildman–Crippen LogP) is 3.40. The van der Waals surface area contributed by atoms with E-state index in [-0.39, 0.29) is 11.9 Å². The molecule has 0 amide bonds. The van der Waals surface area contributed by atoms with Crippen LogP contribution in [0.15, 0.2) is 12.1 Å². The summed E-state index contributed by atoms with van der Waals surface area (Å²) in [5.74, 6) is 6.00. The van der Waals surface area contributed by atoms with Crippen molar-refractivity contribution in [2.45, 2.75) is 44.8 Å². The molecule has 1 aromatic rings. The minimum Gasteiger partial charge on any atom is -0.356 e. The normalized spacial score (nSPS) is 23.0. The highest BCUT2D eigenvalue weighted by atomic mass is 19.4. The molecule has 4 nitrogen and oxygen atoms in total. The number of halogens is 3. The smallest absolute Gasteiger partial charge is 0.356 e. The molecule has 1 saturated carbocycles. The van der Waals surface area contributed by atoms with Gasteiger partial charge in [-0.1, -0.05) is 19.8 Å². The Morgan fingerprint density at radius 2 is 1.95 bits per heavy atom. The number of rotatable bonds is 3. The summed E-state index contributed by atoms with van der Waals surface area (Å²) in [5.41, 5.74) is 1.47. The molecule has 3 N–H and O–H groups in total. The van der Waals surface area contributed by atoms with E-state index in [1.165, 1.54) is 6.42 Å². The van der Waals surface area contributed by atoms with Crippen molar-refractivity contribution in [3.05, 3.63) is 17.7 Å². The molecule has 0 saturated heterocycles. The number of nitrogens with one attached hydrogen (secondary N) is 1. The van der Waals surface area contributed by atoms with Crippen LogP contribution in [-0.2, 0) is 6.18 Å². The lowest BCUT2D eigenvalue weighted by Crippen LogP contribution is -2.39. The molecular formula is C14H21F3N4. The Kier molecular flexibility index (Phi) is 4.61. The highest BCUT2D eigenvalue weighted by molar-refractivity contribution is 5.51. The molecule has 0 radical (unpaired) electrons. The van der Waals surface area contributed by atoms with Gasteiger partial charge in [0.25, 0.3) is 0 Å². The second-order valence-corrected chi connectivity index (χ2v) is 5.68. The first-order valence-corrected chi connectivity index (χ1v) is 7.11. The average molecular weight is 302 g/mol. The van der Waals surface area contributed by atoms with Gasteiger partial charge in [0, 0.05) is 13.1 Å². The number of nitrogen functional groups attached to an aromatic ring is 1. The Hall–Kier alpha value is -1.50. The Bertz CT molecular complexity index is 490. The predicted molar refractivity (Wildman–Crippen MR) is 76.9 cm³/mol. The fraction of sp³-hybridized carbons (Fsp3) is 0.643. The van der Waals surface area contributed by atoms with Crippen molar-refractivity contribution in [2.24, 2.45) is 11.8 Å². The third-order valence-electron chi connectivity index (χ3n) is 4.21. The van der Waals surface area contributed by atoms with Crippen molar-refractivity contribution in [1.29, 1.82) is 0 Å². The second-order valence-electron chi connectivity index (χ2n) is 5.68. The molecule has 1 fully saturated rings. The zero-order valence-corrected chi connectivity index (χ0v) is 12.2. The van der Waals surface area contributed by atoms with Gasteiger partial charge in [-0.2, -0.15) is 13.2 Å². The number of nitrogens with zero attached hydrogens (tertiary/aromatic N) is 2. The second kappa shape index (κ2) is 6.09. The molecule has 2 atom stereocenters. The summed E-state index contributed by atoms with van der Waals surface area (Å²) in [6.45, 7) is 2.13. The summed E-state index contributed by atoms with van der Waals surface area (Å²) in [5, 5.41) is 0. The van der Waals surface area contributed by atoms with Gasteiger partial charge in [-0.3, -0.25) is 0 Å². The van der Waals surface area contributed by atoms with Crippen molar-refractivity contribution >= 4 is 11.6 Å². The standard InChI is InChI=1S/C14H21F3N4/c1-9-5-3-4-6-11(9)21(2)13-8-10(14(15,16)17)7-12(19-13)20-18/h7-9,11H,3-6,18H2,1-2H3,(H,19,20). The maximum atomic E-state index is 13.0. The van der Waals surface area contributed by atoms with Crippen molar-refractivity contribution in [3.63, 3.8) is 0 Å². The third kappa shape index (κ3) is 3.58. The molecule has 2 rings (SSSR count). The first kappa shape index (κ1) is 15.9. The maximum absolute atomic E-state index is 13.0.